The monoisotopic (exact) mass is 349 g/mol. The zero-order valence-corrected chi connectivity index (χ0v) is 12.1. The van der Waals surface area contributed by atoms with Crippen molar-refractivity contribution in [1.29, 1.82) is 0 Å². The normalized spacial score (nSPS) is 10.4. The van der Waals surface area contributed by atoms with E-state index in [1.807, 2.05) is 0 Å². The number of benzene rings is 1. The molecule has 18 heavy (non-hydrogen) atoms. The molecule has 0 atom stereocenters. The van der Waals surface area contributed by atoms with Gasteiger partial charge in [-0.25, -0.2) is 4.39 Å². The van der Waals surface area contributed by atoms with Gasteiger partial charge in [0.25, 0.3) is 0 Å². The number of ether oxygens (including phenoxy) is 1. The number of rotatable bonds is 3. The van der Waals surface area contributed by atoms with E-state index in [-0.39, 0.29) is 5.02 Å². The number of aromatic nitrogens is 1. The van der Waals surface area contributed by atoms with E-state index in [1.165, 1.54) is 18.3 Å². The molecule has 1 aromatic heterocycles. The molecule has 0 aliphatic carbocycles. The summed E-state index contributed by atoms with van der Waals surface area (Å²) in [4.78, 5) is 3.98. The van der Waals surface area contributed by atoms with Gasteiger partial charge in [-0.05, 0) is 33.6 Å². The second-order valence-electron chi connectivity index (χ2n) is 3.46. The van der Waals surface area contributed by atoms with Gasteiger partial charge in [-0.15, -0.1) is 11.6 Å². The van der Waals surface area contributed by atoms with Crippen molar-refractivity contribution in [2.45, 2.75) is 5.88 Å². The van der Waals surface area contributed by atoms with Crippen molar-refractivity contribution >= 4 is 39.1 Å². The van der Waals surface area contributed by atoms with Gasteiger partial charge < -0.3 is 4.74 Å². The molecule has 0 saturated carbocycles. The molecular formula is C12H7BrCl2FNO. The molecule has 0 aliphatic rings. The molecule has 94 valence electrons. The molecule has 1 aromatic carbocycles. The Morgan fingerprint density at radius 2 is 2.06 bits per heavy atom. The minimum Gasteiger partial charge on any atom is -0.454 e. The van der Waals surface area contributed by atoms with E-state index in [0.717, 1.165) is 5.56 Å². The highest BCUT2D eigenvalue weighted by Crippen LogP contribution is 2.33. The zero-order valence-electron chi connectivity index (χ0n) is 8.96. The van der Waals surface area contributed by atoms with E-state index >= 15 is 0 Å². The summed E-state index contributed by atoms with van der Waals surface area (Å²) in [6, 6.07) is 4.38. The molecule has 1 heterocycles. The quantitative estimate of drug-likeness (QED) is 0.563. The van der Waals surface area contributed by atoms with Gasteiger partial charge in [0.15, 0.2) is 0 Å². The number of alkyl halides is 1. The van der Waals surface area contributed by atoms with Crippen LogP contribution in [0.15, 0.2) is 35.1 Å². The fourth-order valence-corrected chi connectivity index (χ4v) is 2.17. The van der Waals surface area contributed by atoms with Crippen LogP contribution in [0.5, 0.6) is 11.5 Å². The first kappa shape index (κ1) is 13.6. The Bertz CT molecular complexity index is 580. The third-order valence-electron chi connectivity index (χ3n) is 2.13. The lowest BCUT2D eigenvalue weighted by Gasteiger charge is -2.09. The van der Waals surface area contributed by atoms with Gasteiger partial charge >= 0.3 is 0 Å². The fraction of sp³-hybridized carbons (Fsp3) is 0.0833. The van der Waals surface area contributed by atoms with Crippen LogP contribution in [0.4, 0.5) is 4.39 Å². The average Bonchev–Trinajstić information content (AvgIpc) is 2.36. The van der Waals surface area contributed by atoms with E-state index < -0.39 is 5.82 Å². The summed E-state index contributed by atoms with van der Waals surface area (Å²) in [5, 5.41) is 0.0295. The predicted molar refractivity (Wildman–Crippen MR) is 73.0 cm³/mol. The molecule has 0 amide bonds. The van der Waals surface area contributed by atoms with Gasteiger partial charge in [0.05, 0.1) is 15.7 Å². The lowest BCUT2D eigenvalue weighted by molar-refractivity contribution is 0.471. The smallest absolute Gasteiger partial charge is 0.146 e. The molecule has 0 N–H and O–H groups in total. The summed E-state index contributed by atoms with van der Waals surface area (Å²) in [5.41, 5.74) is 0.819. The topological polar surface area (TPSA) is 22.1 Å². The van der Waals surface area contributed by atoms with Gasteiger partial charge in [0.2, 0.25) is 0 Å². The summed E-state index contributed by atoms with van der Waals surface area (Å²) in [7, 11) is 0. The summed E-state index contributed by atoms with van der Waals surface area (Å²) in [5.74, 6) is 0.595. The van der Waals surface area contributed by atoms with Gasteiger partial charge in [-0.3, -0.25) is 4.98 Å². The Hall–Kier alpha value is -0.840. The molecule has 2 aromatic rings. The van der Waals surface area contributed by atoms with Crippen molar-refractivity contribution in [2.24, 2.45) is 0 Å². The zero-order chi connectivity index (χ0) is 13.1. The van der Waals surface area contributed by atoms with E-state index in [0.29, 0.717) is 21.9 Å². The molecule has 0 aliphatic heterocycles. The summed E-state index contributed by atoms with van der Waals surface area (Å²) >= 11 is 14.6. The van der Waals surface area contributed by atoms with Crippen LogP contribution in [0.1, 0.15) is 5.56 Å². The minimum atomic E-state index is -0.545. The van der Waals surface area contributed by atoms with Crippen molar-refractivity contribution in [3.63, 3.8) is 0 Å². The first-order chi connectivity index (χ1) is 8.60. The Kier molecular flexibility index (Phi) is 4.43. The largest absolute Gasteiger partial charge is 0.454 e. The van der Waals surface area contributed by atoms with Crippen LogP contribution in [-0.4, -0.2) is 4.98 Å². The van der Waals surface area contributed by atoms with Crippen molar-refractivity contribution in [2.75, 3.05) is 0 Å². The number of hydrogen-bond acceptors (Lipinski definition) is 2. The molecule has 0 spiro atoms. The number of pyridine rings is 1. The maximum atomic E-state index is 13.3. The van der Waals surface area contributed by atoms with Crippen LogP contribution in [0.3, 0.4) is 0 Å². The van der Waals surface area contributed by atoms with Crippen molar-refractivity contribution in [3.05, 3.63) is 51.5 Å². The number of nitrogens with zero attached hydrogens (tertiary/aromatic N) is 1. The maximum Gasteiger partial charge on any atom is 0.146 e. The number of halogens is 4. The van der Waals surface area contributed by atoms with E-state index in [1.54, 1.807) is 12.3 Å². The van der Waals surface area contributed by atoms with Crippen molar-refractivity contribution < 1.29 is 9.13 Å². The molecular weight excluding hydrogens is 344 g/mol. The Morgan fingerprint density at radius 3 is 2.78 bits per heavy atom. The van der Waals surface area contributed by atoms with E-state index in [4.69, 9.17) is 27.9 Å². The lowest BCUT2D eigenvalue weighted by Crippen LogP contribution is -1.90. The Balaban J connectivity index is 2.30. The predicted octanol–water partition coefficient (Wildman–Crippen LogP) is 5.17. The molecule has 0 fully saturated rings. The minimum absolute atomic E-state index is 0.0295. The van der Waals surface area contributed by atoms with Crippen LogP contribution in [0, 0.1) is 5.82 Å². The summed E-state index contributed by atoms with van der Waals surface area (Å²) in [6.07, 6.45) is 3.16. The van der Waals surface area contributed by atoms with Gasteiger partial charge in [-0.1, -0.05) is 11.6 Å². The van der Waals surface area contributed by atoms with Crippen LogP contribution in [-0.2, 0) is 5.88 Å². The lowest BCUT2D eigenvalue weighted by atomic mass is 10.3. The van der Waals surface area contributed by atoms with E-state index in [2.05, 4.69) is 20.9 Å². The van der Waals surface area contributed by atoms with Crippen molar-refractivity contribution in [3.8, 4) is 11.5 Å². The van der Waals surface area contributed by atoms with Crippen LogP contribution in [0.2, 0.25) is 5.02 Å². The summed E-state index contributed by atoms with van der Waals surface area (Å²) in [6.45, 7) is 0. The van der Waals surface area contributed by atoms with Gasteiger partial charge in [0, 0.05) is 18.1 Å². The third kappa shape index (κ3) is 3.13. The second kappa shape index (κ2) is 5.87. The molecule has 0 saturated heterocycles. The summed E-state index contributed by atoms with van der Waals surface area (Å²) < 4.78 is 19.4. The third-order valence-corrected chi connectivity index (χ3v) is 3.34. The van der Waals surface area contributed by atoms with Crippen LogP contribution < -0.4 is 4.74 Å². The highest BCUT2D eigenvalue weighted by molar-refractivity contribution is 9.10. The van der Waals surface area contributed by atoms with Crippen LogP contribution >= 0.6 is 39.1 Å². The number of hydrogen-bond donors (Lipinski definition) is 0. The molecule has 2 nitrogen and oxygen atoms in total. The van der Waals surface area contributed by atoms with Crippen molar-refractivity contribution in [1.82, 2.24) is 4.98 Å². The fourth-order valence-electron chi connectivity index (χ4n) is 1.30. The molecule has 0 bridgehead atoms. The Morgan fingerprint density at radius 1 is 1.28 bits per heavy atom. The highest BCUT2D eigenvalue weighted by Gasteiger charge is 2.09. The highest BCUT2D eigenvalue weighted by atomic mass is 79.9. The first-order valence-corrected chi connectivity index (χ1v) is 6.63. The molecule has 2 rings (SSSR count). The van der Waals surface area contributed by atoms with E-state index in [9.17, 15) is 4.39 Å². The Labute approximate surface area is 122 Å². The van der Waals surface area contributed by atoms with Gasteiger partial charge in [0.1, 0.15) is 17.3 Å². The SMILES string of the molecule is Fc1cc(Oc2cncc(CCl)c2)c(Br)cc1Cl. The molecule has 6 heteroatoms. The first-order valence-electron chi connectivity index (χ1n) is 4.92. The second-order valence-corrected chi connectivity index (χ2v) is 4.99. The molecule has 0 radical (unpaired) electrons. The standard InChI is InChI=1S/C12H7BrCl2FNO/c13-9-2-10(15)11(16)3-12(9)18-8-1-7(4-14)5-17-6-8/h1-3,5-6H,4H2. The van der Waals surface area contributed by atoms with Gasteiger partial charge in [-0.2, -0.15) is 0 Å². The average molecular weight is 351 g/mol. The molecule has 0 unspecified atom stereocenters. The maximum absolute atomic E-state index is 13.3. The van der Waals surface area contributed by atoms with Crippen LogP contribution in [0.25, 0.3) is 0 Å².